The van der Waals surface area contributed by atoms with E-state index in [0.29, 0.717) is 6.61 Å². The van der Waals surface area contributed by atoms with Crippen LogP contribution in [0, 0.1) is 12.3 Å². The molecule has 0 N–H and O–H groups in total. The molecular formula is C13H14OSe. The van der Waals surface area contributed by atoms with Gasteiger partial charge >= 0.3 is 97.5 Å². The van der Waals surface area contributed by atoms with Gasteiger partial charge in [0.15, 0.2) is 0 Å². The Hall–Kier alpha value is -1.16. The molecule has 1 aromatic rings. The zero-order chi connectivity index (χ0) is 10.9. The first kappa shape index (κ1) is 11.9. The van der Waals surface area contributed by atoms with Gasteiger partial charge in [0.05, 0.1) is 0 Å². The van der Waals surface area contributed by atoms with Crippen LogP contribution in [0.5, 0.6) is 0 Å². The monoisotopic (exact) mass is 266 g/mol. The van der Waals surface area contributed by atoms with Crippen molar-refractivity contribution in [3.05, 3.63) is 40.6 Å². The Morgan fingerprint density at radius 1 is 1.47 bits per heavy atom. The van der Waals surface area contributed by atoms with Crippen LogP contribution in [0.15, 0.2) is 35.0 Å². The molecule has 0 amide bonds. The van der Waals surface area contributed by atoms with Gasteiger partial charge in [0.25, 0.3) is 0 Å². The normalized spacial score (nSPS) is 10.8. The molecule has 0 radical (unpaired) electrons. The molecule has 1 nitrogen and oxygen atoms in total. The number of rotatable bonds is 5. The zero-order valence-electron chi connectivity index (χ0n) is 8.77. The second kappa shape index (κ2) is 7.17. The first-order valence-corrected chi connectivity index (χ1v) is 6.89. The summed E-state index contributed by atoms with van der Waals surface area (Å²) in [7, 11) is 0. The average molecular weight is 265 g/mol. The third-order valence-corrected chi connectivity index (χ3v) is 3.41. The van der Waals surface area contributed by atoms with Gasteiger partial charge in [0.2, 0.25) is 0 Å². The molecule has 1 rings (SSSR count). The van der Waals surface area contributed by atoms with E-state index < -0.39 is 0 Å². The summed E-state index contributed by atoms with van der Waals surface area (Å²) in [6.07, 6.45) is 7.32. The third-order valence-electron chi connectivity index (χ3n) is 1.67. The van der Waals surface area contributed by atoms with Gasteiger partial charge in [-0.3, -0.25) is 0 Å². The van der Waals surface area contributed by atoms with Crippen molar-refractivity contribution >= 4 is 21.0 Å². The van der Waals surface area contributed by atoms with Crippen molar-refractivity contribution in [3.63, 3.8) is 0 Å². The van der Waals surface area contributed by atoms with Crippen molar-refractivity contribution in [2.45, 2.75) is 12.2 Å². The minimum atomic E-state index is 0.251. The molecule has 2 heteroatoms. The van der Waals surface area contributed by atoms with Crippen LogP contribution in [-0.2, 0) is 4.74 Å². The fourth-order valence-electron chi connectivity index (χ4n) is 1.07. The molecular weight excluding hydrogens is 251 g/mol. The van der Waals surface area contributed by atoms with E-state index in [2.05, 4.69) is 24.1 Å². The molecule has 0 fully saturated rings. The van der Waals surface area contributed by atoms with Crippen molar-refractivity contribution in [1.29, 1.82) is 0 Å². The molecule has 0 aliphatic carbocycles. The molecule has 0 aliphatic rings. The molecule has 0 atom stereocenters. The van der Waals surface area contributed by atoms with Gasteiger partial charge in [-0.25, -0.2) is 0 Å². The van der Waals surface area contributed by atoms with Crippen LogP contribution >= 0.6 is 0 Å². The number of benzene rings is 1. The standard InChI is InChI=1S/C13H14OSe/c1-3-10-15-13(14-4-2)11-12-8-6-5-7-9-12/h1,5-9,11H,4,10H2,2H3/b13-11+. The molecule has 15 heavy (non-hydrogen) atoms. The van der Waals surface area contributed by atoms with E-state index in [1.807, 2.05) is 25.1 Å². The van der Waals surface area contributed by atoms with Gasteiger partial charge in [0.1, 0.15) is 0 Å². The Bertz CT molecular complexity index is 349. The van der Waals surface area contributed by atoms with Gasteiger partial charge in [0, 0.05) is 0 Å². The van der Waals surface area contributed by atoms with E-state index in [0.717, 1.165) is 9.98 Å². The Kier molecular flexibility index (Phi) is 5.70. The van der Waals surface area contributed by atoms with Crippen LogP contribution < -0.4 is 0 Å². The molecule has 0 unspecified atom stereocenters. The molecule has 0 aliphatic heterocycles. The number of terminal acetylenes is 1. The van der Waals surface area contributed by atoms with E-state index in [4.69, 9.17) is 11.2 Å². The van der Waals surface area contributed by atoms with E-state index in [9.17, 15) is 0 Å². The van der Waals surface area contributed by atoms with E-state index in [1.165, 1.54) is 5.56 Å². The second-order valence-corrected chi connectivity index (χ2v) is 4.86. The van der Waals surface area contributed by atoms with Crippen molar-refractivity contribution in [3.8, 4) is 12.3 Å². The number of ether oxygens (including phenoxy) is 1. The molecule has 0 spiro atoms. The van der Waals surface area contributed by atoms with Crippen LogP contribution in [0.25, 0.3) is 6.08 Å². The summed E-state index contributed by atoms with van der Waals surface area (Å²) in [5.74, 6) is 2.65. The van der Waals surface area contributed by atoms with E-state index in [-0.39, 0.29) is 15.0 Å². The van der Waals surface area contributed by atoms with E-state index in [1.54, 1.807) is 0 Å². The van der Waals surface area contributed by atoms with Gasteiger partial charge in [-0.1, -0.05) is 0 Å². The molecule has 78 valence electrons. The van der Waals surface area contributed by atoms with Gasteiger partial charge in [-0.05, 0) is 0 Å². The van der Waals surface area contributed by atoms with Crippen molar-refractivity contribution < 1.29 is 4.74 Å². The van der Waals surface area contributed by atoms with Gasteiger partial charge < -0.3 is 0 Å². The van der Waals surface area contributed by atoms with Crippen LogP contribution in [0.2, 0.25) is 5.32 Å². The molecule has 0 saturated carbocycles. The quantitative estimate of drug-likeness (QED) is 0.452. The molecule has 0 bridgehead atoms. The first-order chi connectivity index (χ1) is 7.36. The fourth-order valence-corrected chi connectivity index (χ4v) is 2.42. The second-order valence-electron chi connectivity index (χ2n) is 2.80. The average Bonchev–Trinajstić information content (AvgIpc) is 2.28. The molecule has 1 aromatic carbocycles. The molecule has 0 heterocycles. The predicted octanol–water partition coefficient (Wildman–Crippen LogP) is 2.78. The summed E-state index contributed by atoms with van der Waals surface area (Å²) in [6, 6.07) is 10.2. The Labute approximate surface area is 97.7 Å². The van der Waals surface area contributed by atoms with Crippen LogP contribution in [0.4, 0.5) is 0 Å². The van der Waals surface area contributed by atoms with Crippen LogP contribution in [0.3, 0.4) is 0 Å². The summed E-state index contributed by atoms with van der Waals surface area (Å²) >= 11 is 0.251. The predicted molar refractivity (Wildman–Crippen MR) is 65.4 cm³/mol. The number of hydrogen-bond acceptors (Lipinski definition) is 1. The van der Waals surface area contributed by atoms with E-state index >= 15 is 0 Å². The fraction of sp³-hybridized carbons (Fsp3) is 0.231. The van der Waals surface area contributed by atoms with Crippen LogP contribution in [0.1, 0.15) is 12.5 Å². The molecule has 0 aromatic heterocycles. The Morgan fingerprint density at radius 2 is 2.20 bits per heavy atom. The summed E-state index contributed by atoms with van der Waals surface area (Å²) in [5.41, 5.74) is 1.17. The summed E-state index contributed by atoms with van der Waals surface area (Å²) in [6.45, 7) is 2.69. The maximum atomic E-state index is 5.54. The molecule has 0 saturated heterocycles. The van der Waals surface area contributed by atoms with Crippen molar-refractivity contribution in [1.82, 2.24) is 0 Å². The summed E-state index contributed by atoms with van der Waals surface area (Å²) in [4.78, 5) is 0. The van der Waals surface area contributed by atoms with Gasteiger partial charge in [-0.15, -0.1) is 0 Å². The zero-order valence-corrected chi connectivity index (χ0v) is 10.5. The van der Waals surface area contributed by atoms with Gasteiger partial charge in [-0.2, -0.15) is 0 Å². The Balaban J connectivity index is 2.70. The van der Waals surface area contributed by atoms with Crippen molar-refractivity contribution in [2.75, 3.05) is 6.61 Å². The summed E-state index contributed by atoms with van der Waals surface area (Å²) < 4.78 is 6.56. The first-order valence-electron chi connectivity index (χ1n) is 4.82. The maximum absolute atomic E-state index is 5.54. The Morgan fingerprint density at radius 3 is 2.80 bits per heavy atom. The van der Waals surface area contributed by atoms with Crippen molar-refractivity contribution in [2.24, 2.45) is 0 Å². The topological polar surface area (TPSA) is 9.23 Å². The number of hydrogen-bond donors (Lipinski definition) is 0. The SMILES string of the molecule is C#CC[Se]/C(=C/c1ccccc1)OCC. The van der Waals surface area contributed by atoms with Crippen LogP contribution in [-0.4, -0.2) is 21.6 Å². The third kappa shape index (κ3) is 4.74. The summed E-state index contributed by atoms with van der Waals surface area (Å²) in [5, 5.41) is 0.783. The minimum absolute atomic E-state index is 0.251.